The molecule has 1 N–H and O–H groups in total. The van der Waals surface area contributed by atoms with Crippen molar-refractivity contribution in [2.24, 2.45) is 0 Å². The first-order valence-corrected chi connectivity index (χ1v) is 11.8. The zero-order valence-corrected chi connectivity index (χ0v) is 20.1. The van der Waals surface area contributed by atoms with E-state index >= 15 is 0 Å². The number of carbonyl (C=O) groups excluding carboxylic acids is 2. The van der Waals surface area contributed by atoms with E-state index in [1.54, 1.807) is 25.1 Å². The van der Waals surface area contributed by atoms with Gasteiger partial charge in [0.25, 0.3) is 5.91 Å². The van der Waals surface area contributed by atoms with Crippen LogP contribution in [-0.2, 0) is 16.0 Å². The molecule has 3 rings (SSSR count). The Morgan fingerprint density at radius 3 is 2.73 bits per heavy atom. The molecular weight excluding hydrogens is 440 g/mol. The van der Waals surface area contributed by atoms with Crippen LogP contribution in [0.3, 0.4) is 0 Å². The molecule has 0 spiro atoms. The van der Waals surface area contributed by atoms with E-state index in [4.69, 9.17) is 14.2 Å². The first kappa shape index (κ1) is 24.3. The average molecular weight is 469 g/mol. The van der Waals surface area contributed by atoms with Gasteiger partial charge in [0, 0.05) is 4.88 Å². The molecule has 0 aliphatic heterocycles. The molecule has 1 aromatic heterocycles. The number of ether oxygens (including phenoxy) is 3. The Balaban J connectivity index is 1.93. The van der Waals surface area contributed by atoms with Crippen molar-refractivity contribution >= 4 is 34.3 Å². The third kappa shape index (κ3) is 5.37. The van der Waals surface area contributed by atoms with Crippen molar-refractivity contribution in [1.29, 1.82) is 5.26 Å². The Bertz CT molecular complexity index is 1110. The quantitative estimate of drug-likeness (QED) is 0.320. The summed E-state index contributed by atoms with van der Waals surface area (Å²) in [5.41, 5.74) is 1.90. The van der Waals surface area contributed by atoms with E-state index in [-0.39, 0.29) is 18.1 Å². The maximum Gasteiger partial charge on any atom is 0.341 e. The molecule has 174 valence electrons. The van der Waals surface area contributed by atoms with Crippen LogP contribution in [0.25, 0.3) is 6.08 Å². The number of carbonyl (C=O) groups is 2. The molecule has 1 aromatic carbocycles. The SMILES string of the molecule is CCOC(=O)c1c(NC(=O)C(C#N)=Cc2ccc(OCC)c(OC)c2)sc2c1C(C)CCC2. The maximum atomic E-state index is 13.0. The van der Waals surface area contributed by atoms with Crippen LogP contribution in [0.15, 0.2) is 23.8 Å². The maximum absolute atomic E-state index is 13.0. The second-order valence-electron chi connectivity index (χ2n) is 7.62. The topological polar surface area (TPSA) is 97.7 Å². The minimum atomic E-state index is -0.581. The van der Waals surface area contributed by atoms with E-state index in [0.717, 1.165) is 29.7 Å². The third-order valence-electron chi connectivity index (χ3n) is 5.43. The van der Waals surface area contributed by atoms with Crippen molar-refractivity contribution in [2.75, 3.05) is 25.6 Å². The van der Waals surface area contributed by atoms with Gasteiger partial charge in [0.2, 0.25) is 0 Å². The molecule has 1 heterocycles. The van der Waals surface area contributed by atoms with E-state index in [1.165, 1.54) is 24.5 Å². The van der Waals surface area contributed by atoms with Crippen molar-refractivity contribution in [3.8, 4) is 17.6 Å². The number of benzene rings is 1. The number of nitriles is 1. The van der Waals surface area contributed by atoms with Gasteiger partial charge in [-0.2, -0.15) is 5.26 Å². The van der Waals surface area contributed by atoms with Crippen molar-refractivity contribution < 1.29 is 23.8 Å². The van der Waals surface area contributed by atoms with Gasteiger partial charge in [0.05, 0.1) is 25.9 Å². The summed E-state index contributed by atoms with van der Waals surface area (Å²) >= 11 is 1.39. The number of fused-ring (bicyclic) bond motifs is 1. The van der Waals surface area contributed by atoms with Gasteiger partial charge in [-0.25, -0.2) is 4.79 Å². The van der Waals surface area contributed by atoms with E-state index in [1.807, 2.05) is 13.0 Å². The van der Waals surface area contributed by atoms with Crippen molar-refractivity contribution in [3.63, 3.8) is 0 Å². The minimum absolute atomic E-state index is 0.0876. The number of methoxy groups -OCH3 is 1. The lowest BCUT2D eigenvalue weighted by atomic mass is 9.86. The van der Waals surface area contributed by atoms with Gasteiger partial charge in [-0.05, 0) is 68.4 Å². The molecular formula is C25H28N2O5S. The summed E-state index contributed by atoms with van der Waals surface area (Å²) in [6.45, 7) is 6.44. The number of esters is 1. The first-order valence-electron chi connectivity index (χ1n) is 11.0. The molecule has 8 heteroatoms. The third-order valence-corrected chi connectivity index (χ3v) is 6.61. The highest BCUT2D eigenvalue weighted by Gasteiger charge is 2.31. The lowest BCUT2D eigenvalue weighted by Crippen LogP contribution is -2.17. The van der Waals surface area contributed by atoms with E-state index in [9.17, 15) is 14.9 Å². The van der Waals surface area contributed by atoms with Crippen LogP contribution in [0.5, 0.6) is 11.5 Å². The number of thiophene rings is 1. The molecule has 1 amide bonds. The smallest absolute Gasteiger partial charge is 0.341 e. The van der Waals surface area contributed by atoms with Crippen LogP contribution >= 0.6 is 11.3 Å². The fourth-order valence-electron chi connectivity index (χ4n) is 3.94. The lowest BCUT2D eigenvalue weighted by molar-refractivity contribution is -0.112. The van der Waals surface area contributed by atoms with Gasteiger partial charge in [0.15, 0.2) is 11.5 Å². The molecule has 0 fully saturated rings. The van der Waals surface area contributed by atoms with Crippen molar-refractivity contribution in [1.82, 2.24) is 0 Å². The number of amides is 1. The number of nitrogens with one attached hydrogen (secondary N) is 1. The molecule has 0 saturated heterocycles. The number of hydrogen-bond acceptors (Lipinski definition) is 7. The van der Waals surface area contributed by atoms with Crippen LogP contribution in [-0.4, -0.2) is 32.2 Å². The normalized spacial score (nSPS) is 15.2. The highest BCUT2D eigenvalue weighted by Crippen LogP contribution is 2.44. The molecule has 1 aliphatic carbocycles. The van der Waals surface area contributed by atoms with Crippen LogP contribution in [0, 0.1) is 11.3 Å². The zero-order valence-electron chi connectivity index (χ0n) is 19.3. The Morgan fingerprint density at radius 1 is 1.27 bits per heavy atom. The minimum Gasteiger partial charge on any atom is -0.493 e. The number of rotatable bonds is 8. The second-order valence-corrected chi connectivity index (χ2v) is 8.73. The van der Waals surface area contributed by atoms with E-state index < -0.39 is 11.9 Å². The lowest BCUT2D eigenvalue weighted by Gasteiger charge is -2.19. The Hall–Kier alpha value is -3.31. The van der Waals surface area contributed by atoms with Crippen LogP contribution in [0.2, 0.25) is 0 Å². The van der Waals surface area contributed by atoms with Gasteiger partial charge < -0.3 is 19.5 Å². The zero-order chi connectivity index (χ0) is 24.0. The summed E-state index contributed by atoms with van der Waals surface area (Å²) in [6.07, 6.45) is 4.35. The van der Waals surface area contributed by atoms with Crippen molar-refractivity contribution in [3.05, 3.63) is 45.3 Å². The van der Waals surface area contributed by atoms with Gasteiger partial charge in [-0.1, -0.05) is 13.0 Å². The van der Waals surface area contributed by atoms with Gasteiger partial charge in [0.1, 0.15) is 16.6 Å². The predicted molar refractivity (Wildman–Crippen MR) is 128 cm³/mol. The van der Waals surface area contributed by atoms with Crippen LogP contribution < -0.4 is 14.8 Å². The molecule has 0 saturated carbocycles. The fraction of sp³-hybridized carbons (Fsp3) is 0.400. The average Bonchev–Trinajstić information content (AvgIpc) is 3.17. The second kappa shape index (κ2) is 11.0. The van der Waals surface area contributed by atoms with Gasteiger partial charge >= 0.3 is 5.97 Å². The number of nitrogens with zero attached hydrogens (tertiary/aromatic N) is 1. The number of anilines is 1. The largest absolute Gasteiger partial charge is 0.493 e. The highest BCUT2D eigenvalue weighted by atomic mass is 32.1. The summed E-state index contributed by atoms with van der Waals surface area (Å²) < 4.78 is 16.1. The predicted octanol–water partition coefficient (Wildman–Crippen LogP) is 5.32. The van der Waals surface area contributed by atoms with Gasteiger partial charge in [-0.15, -0.1) is 11.3 Å². The molecule has 2 aromatic rings. The summed E-state index contributed by atoms with van der Waals surface area (Å²) in [5.74, 6) is 0.266. The molecule has 1 aliphatic rings. The Kier molecular flexibility index (Phi) is 8.12. The summed E-state index contributed by atoms with van der Waals surface area (Å²) in [5, 5.41) is 12.9. The molecule has 33 heavy (non-hydrogen) atoms. The monoisotopic (exact) mass is 468 g/mol. The number of aryl methyl sites for hydroxylation is 1. The molecule has 1 unspecified atom stereocenters. The summed E-state index contributed by atoms with van der Waals surface area (Å²) in [6, 6.07) is 7.13. The Morgan fingerprint density at radius 2 is 2.06 bits per heavy atom. The molecule has 0 radical (unpaired) electrons. The van der Waals surface area contributed by atoms with Crippen molar-refractivity contribution in [2.45, 2.75) is 46.0 Å². The van der Waals surface area contributed by atoms with Crippen LogP contribution in [0.4, 0.5) is 5.00 Å². The molecule has 0 bridgehead atoms. The van der Waals surface area contributed by atoms with E-state index in [0.29, 0.717) is 34.2 Å². The highest BCUT2D eigenvalue weighted by molar-refractivity contribution is 7.17. The first-order chi connectivity index (χ1) is 15.9. The molecule has 7 nitrogen and oxygen atoms in total. The molecule has 1 atom stereocenters. The summed E-state index contributed by atoms with van der Waals surface area (Å²) in [7, 11) is 1.53. The van der Waals surface area contributed by atoms with Gasteiger partial charge in [-0.3, -0.25) is 4.79 Å². The van der Waals surface area contributed by atoms with Crippen LogP contribution in [0.1, 0.15) is 65.9 Å². The standard InChI is InChI=1S/C25H28N2O5S/c1-5-31-18-11-10-16(13-19(18)30-4)12-17(14-26)23(28)27-24-22(25(29)32-6-2)21-15(3)8-7-9-20(21)33-24/h10-13,15H,5-9H2,1-4H3,(H,27,28). The van der Waals surface area contributed by atoms with E-state index in [2.05, 4.69) is 12.2 Å². The fourth-order valence-corrected chi connectivity index (χ4v) is 5.28. The number of hydrogen-bond donors (Lipinski definition) is 1. The Labute approximate surface area is 198 Å². The summed E-state index contributed by atoms with van der Waals surface area (Å²) in [4.78, 5) is 26.8.